The van der Waals surface area contributed by atoms with Gasteiger partial charge in [-0.1, -0.05) is 12.8 Å². The first-order valence-electron chi connectivity index (χ1n) is 5.79. The Morgan fingerprint density at radius 1 is 1.35 bits per heavy atom. The van der Waals surface area contributed by atoms with Crippen molar-refractivity contribution in [2.24, 2.45) is 17.8 Å². The first kappa shape index (κ1) is 13.6. The minimum absolute atomic E-state index is 0.246. The Balaban J connectivity index is 2.75. The average Bonchev–Trinajstić information content (AvgIpc) is 2.60. The molecule has 94 valence electrons. The Hall–Kier alpha value is -1.50. The Kier molecular flexibility index (Phi) is 3.82. The van der Waals surface area contributed by atoms with Crippen LogP contribution in [0.4, 0.5) is 0 Å². The molecule has 1 aliphatic rings. The molecule has 0 saturated heterocycles. The zero-order valence-electron chi connectivity index (χ0n) is 10.5. The molecule has 0 heterocycles. The SMILES string of the molecule is C#CC(C)(C)NC(=O)C1CC(C)CC1C(=O)O. The lowest BCUT2D eigenvalue weighted by Crippen LogP contribution is -2.46. The van der Waals surface area contributed by atoms with Crippen LogP contribution in [0.25, 0.3) is 0 Å². The monoisotopic (exact) mass is 237 g/mol. The molecule has 1 saturated carbocycles. The summed E-state index contributed by atoms with van der Waals surface area (Å²) >= 11 is 0. The van der Waals surface area contributed by atoms with Crippen LogP contribution in [-0.2, 0) is 9.59 Å². The molecule has 0 bridgehead atoms. The number of rotatable bonds is 3. The van der Waals surface area contributed by atoms with Gasteiger partial charge >= 0.3 is 5.97 Å². The third kappa shape index (κ3) is 3.23. The summed E-state index contributed by atoms with van der Waals surface area (Å²) in [5.41, 5.74) is -0.730. The van der Waals surface area contributed by atoms with Crippen LogP contribution < -0.4 is 5.32 Å². The Morgan fingerprint density at radius 2 is 1.88 bits per heavy atom. The van der Waals surface area contributed by atoms with Crippen molar-refractivity contribution in [2.45, 2.75) is 39.2 Å². The fourth-order valence-corrected chi connectivity index (χ4v) is 2.29. The van der Waals surface area contributed by atoms with Gasteiger partial charge in [0.15, 0.2) is 0 Å². The lowest BCUT2D eigenvalue weighted by molar-refractivity contribution is -0.146. The number of aliphatic carboxylic acids is 1. The van der Waals surface area contributed by atoms with Crippen molar-refractivity contribution in [1.82, 2.24) is 5.32 Å². The quantitative estimate of drug-likeness (QED) is 0.726. The summed E-state index contributed by atoms with van der Waals surface area (Å²) in [7, 11) is 0. The van der Waals surface area contributed by atoms with E-state index in [1.807, 2.05) is 6.92 Å². The number of carboxylic acids is 1. The van der Waals surface area contributed by atoms with Gasteiger partial charge in [-0.25, -0.2) is 0 Å². The Labute approximate surface area is 102 Å². The molecule has 17 heavy (non-hydrogen) atoms. The van der Waals surface area contributed by atoms with Gasteiger partial charge in [0.1, 0.15) is 0 Å². The van der Waals surface area contributed by atoms with Gasteiger partial charge < -0.3 is 10.4 Å². The number of carboxylic acid groups (broad SMARTS) is 1. The molecule has 2 N–H and O–H groups in total. The van der Waals surface area contributed by atoms with Crippen LogP contribution in [0.3, 0.4) is 0 Å². The van der Waals surface area contributed by atoms with E-state index < -0.39 is 23.3 Å². The first-order valence-corrected chi connectivity index (χ1v) is 5.79. The van der Waals surface area contributed by atoms with Crippen LogP contribution in [0, 0.1) is 30.1 Å². The molecule has 1 fully saturated rings. The summed E-state index contributed by atoms with van der Waals surface area (Å²) in [5, 5.41) is 11.8. The summed E-state index contributed by atoms with van der Waals surface area (Å²) in [6.45, 7) is 5.41. The predicted octanol–water partition coefficient (Wildman–Crippen LogP) is 1.26. The zero-order chi connectivity index (χ0) is 13.2. The maximum atomic E-state index is 12.0. The molecular weight excluding hydrogens is 218 g/mol. The largest absolute Gasteiger partial charge is 0.481 e. The highest BCUT2D eigenvalue weighted by atomic mass is 16.4. The highest BCUT2D eigenvalue weighted by Crippen LogP contribution is 2.36. The van der Waals surface area contributed by atoms with Gasteiger partial charge in [-0.2, -0.15) is 0 Å². The molecule has 0 aliphatic heterocycles. The molecule has 3 atom stereocenters. The van der Waals surface area contributed by atoms with Crippen molar-refractivity contribution in [3.8, 4) is 12.3 Å². The highest BCUT2D eigenvalue weighted by molar-refractivity contribution is 5.86. The Morgan fingerprint density at radius 3 is 2.35 bits per heavy atom. The minimum atomic E-state index is -0.895. The highest BCUT2D eigenvalue weighted by Gasteiger charge is 2.42. The fourth-order valence-electron chi connectivity index (χ4n) is 2.29. The van der Waals surface area contributed by atoms with Crippen LogP contribution in [0.1, 0.15) is 33.6 Å². The molecule has 4 nitrogen and oxygen atoms in total. The number of carbonyl (C=O) groups is 2. The lowest BCUT2D eigenvalue weighted by atomic mass is 9.94. The van der Waals surface area contributed by atoms with Crippen molar-refractivity contribution in [3.05, 3.63) is 0 Å². The molecule has 1 rings (SSSR count). The standard InChI is InChI=1S/C13H19NO3/c1-5-13(3,4)14-11(15)9-6-8(2)7-10(9)12(16)17/h1,8-10H,6-7H2,2-4H3,(H,14,15)(H,16,17). The summed E-state index contributed by atoms with van der Waals surface area (Å²) in [5.74, 6) is 0.548. The van der Waals surface area contributed by atoms with Crippen molar-refractivity contribution in [1.29, 1.82) is 0 Å². The number of hydrogen-bond acceptors (Lipinski definition) is 2. The van der Waals surface area contributed by atoms with Crippen molar-refractivity contribution >= 4 is 11.9 Å². The first-order chi connectivity index (χ1) is 7.76. The second-order valence-corrected chi connectivity index (χ2v) is 5.39. The van der Waals surface area contributed by atoms with E-state index in [-0.39, 0.29) is 11.8 Å². The maximum Gasteiger partial charge on any atom is 0.307 e. The number of hydrogen-bond donors (Lipinski definition) is 2. The van der Waals surface area contributed by atoms with E-state index in [4.69, 9.17) is 11.5 Å². The van der Waals surface area contributed by atoms with E-state index in [1.165, 1.54) is 0 Å². The molecular formula is C13H19NO3. The smallest absolute Gasteiger partial charge is 0.307 e. The second-order valence-electron chi connectivity index (χ2n) is 5.39. The van der Waals surface area contributed by atoms with Crippen LogP contribution in [-0.4, -0.2) is 22.5 Å². The van der Waals surface area contributed by atoms with Gasteiger partial charge in [0.2, 0.25) is 5.91 Å². The van der Waals surface area contributed by atoms with Crippen LogP contribution in [0.15, 0.2) is 0 Å². The molecule has 4 heteroatoms. The molecule has 0 radical (unpaired) electrons. The predicted molar refractivity (Wildman–Crippen MR) is 64.1 cm³/mol. The topological polar surface area (TPSA) is 66.4 Å². The molecule has 3 unspecified atom stereocenters. The fraction of sp³-hybridized carbons (Fsp3) is 0.692. The number of amides is 1. The van der Waals surface area contributed by atoms with E-state index in [1.54, 1.807) is 13.8 Å². The van der Waals surface area contributed by atoms with E-state index in [0.717, 1.165) is 0 Å². The summed E-state index contributed by atoms with van der Waals surface area (Å²) in [4.78, 5) is 23.1. The molecule has 0 aromatic heterocycles. The molecule has 0 aromatic rings. The summed E-state index contributed by atoms with van der Waals surface area (Å²) in [6.07, 6.45) is 6.47. The van der Waals surface area contributed by atoms with Gasteiger partial charge in [-0.15, -0.1) is 6.42 Å². The van der Waals surface area contributed by atoms with Gasteiger partial charge in [0.05, 0.1) is 17.4 Å². The van der Waals surface area contributed by atoms with Gasteiger partial charge in [-0.05, 0) is 32.6 Å². The second kappa shape index (κ2) is 4.79. The van der Waals surface area contributed by atoms with Gasteiger partial charge in [0.25, 0.3) is 0 Å². The third-order valence-corrected chi connectivity index (χ3v) is 3.25. The molecule has 1 amide bonds. The number of nitrogens with one attached hydrogen (secondary N) is 1. The summed E-state index contributed by atoms with van der Waals surface area (Å²) < 4.78 is 0. The average molecular weight is 237 g/mol. The molecule has 0 aromatic carbocycles. The molecule has 1 aliphatic carbocycles. The van der Waals surface area contributed by atoms with E-state index >= 15 is 0 Å². The van der Waals surface area contributed by atoms with Crippen LogP contribution >= 0.6 is 0 Å². The van der Waals surface area contributed by atoms with E-state index in [9.17, 15) is 9.59 Å². The van der Waals surface area contributed by atoms with Crippen molar-refractivity contribution < 1.29 is 14.7 Å². The maximum absolute atomic E-state index is 12.0. The van der Waals surface area contributed by atoms with Crippen LogP contribution in [0.2, 0.25) is 0 Å². The number of terminal acetylenes is 1. The van der Waals surface area contributed by atoms with Gasteiger partial charge in [-0.3, -0.25) is 9.59 Å². The molecule has 0 spiro atoms. The van der Waals surface area contributed by atoms with Gasteiger partial charge in [0, 0.05) is 0 Å². The lowest BCUT2D eigenvalue weighted by Gasteiger charge is -2.23. The van der Waals surface area contributed by atoms with Crippen molar-refractivity contribution in [2.75, 3.05) is 0 Å². The normalized spacial score (nSPS) is 28.5. The zero-order valence-corrected chi connectivity index (χ0v) is 10.5. The van der Waals surface area contributed by atoms with E-state index in [0.29, 0.717) is 12.8 Å². The third-order valence-electron chi connectivity index (χ3n) is 3.25. The Bertz CT molecular complexity index is 367. The minimum Gasteiger partial charge on any atom is -0.481 e. The van der Waals surface area contributed by atoms with E-state index in [2.05, 4.69) is 11.2 Å². The van der Waals surface area contributed by atoms with Crippen molar-refractivity contribution in [3.63, 3.8) is 0 Å². The van der Waals surface area contributed by atoms with Crippen LogP contribution in [0.5, 0.6) is 0 Å². The summed E-state index contributed by atoms with van der Waals surface area (Å²) in [6, 6.07) is 0. The number of carbonyl (C=O) groups excluding carboxylic acids is 1.